The molecule has 0 saturated carbocycles. The molecule has 1 nitrogen and oxygen atoms in total. The van der Waals surface area contributed by atoms with E-state index in [1.807, 2.05) is 6.07 Å². The molecule has 0 N–H and O–H groups in total. The molecule has 16 heavy (non-hydrogen) atoms. The van der Waals surface area contributed by atoms with E-state index in [1.54, 1.807) is 36.4 Å². The summed E-state index contributed by atoms with van der Waals surface area (Å²) in [6.45, 7) is 0. The number of hydrogen-bond acceptors (Lipinski definition) is 1. The normalized spacial score (nSPS) is 9.81. The van der Waals surface area contributed by atoms with Crippen molar-refractivity contribution in [1.29, 1.82) is 5.26 Å². The molecule has 0 bridgehead atoms. The fourth-order valence-corrected chi connectivity index (χ4v) is 1.70. The Kier molecular flexibility index (Phi) is 2.89. The van der Waals surface area contributed by atoms with E-state index in [0.29, 0.717) is 21.7 Å². The number of rotatable bonds is 1. The Morgan fingerprint density at radius 1 is 1.06 bits per heavy atom. The van der Waals surface area contributed by atoms with Crippen LogP contribution in [0.25, 0.3) is 11.1 Å². The Morgan fingerprint density at radius 3 is 2.50 bits per heavy atom. The summed E-state index contributed by atoms with van der Waals surface area (Å²) in [6.07, 6.45) is 0. The first-order chi connectivity index (χ1) is 7.72. The van der Waals surface area contributed by atoms with Gasteiger partial charge < -0.3 is 0 Å². The molecule has 78 valence electrons. The standard InChI is InChI=1S/C13H7ClFN/c14-12-6-5-9(8-16)7-11(12)10-3-1-2-4-13(10)15/h1-7H. The van der Waals surface area contributed by atoms with Crippen molar-refractivity contribution >= 4 is 11.6 Å². The smallest absolute Gasteiger partial charge is 0.131 e. The highest BCUT2D eigenvalue weighted by Gasteiger charge is 2.08. The van der Waals surface area contributed by atoms with Gasteiger partial charge in [-0.3, -0.25) is 0 Å². The fraction of sp³-hybridized carbons (Fsp3) is 0. The Bertz CT molecular complexity index is 572. The van der Waals surface area contributed by atoms with Gasteiger partial charge in [-0.1, -0.05) is 29.8 Å². The van der Waals surface area contributed by atoms with Crippen LogP contribution in [0, 0.1) is 17.1 Å². The highest BCUT2D eigenvalue weighted by molar-refractivity contribution is 6.33. The molecule has 0 fully saturated rings. The Hall–Kier alpha value is -1.85. The van der Waals surface area contributed by atoms with Gasteiger partial charge in [0.1, 0.15) is 5.82 Å². The summed E-state index contributed by atoms with van der Waals surface area (Å²) in [6, 6.07) is 13.1. The largest absolute Gasteiger partial charge is 0.206 e. The topological polar surface area (TPSA) is 23.8 Å². The quantitative estimate of drug-likeness (QED) is 0.727. The maximum atomic E-state index is 13.5. The third kappa shape index (κ3) is 1.91. The van der Waals surface area contributed by atoms with Crippen molar-refractivity contribution in [2.45, 2.75) is 0 Å². The van der Waals surface area contributed by atoms with Gasteiger partial charge in [-0.05, 0) is 24.3 Å². The molecule has 2 aromatic rings. The molecular formula is C13H7ClFN. The highest BCUT2D eigenvalue weighted by Crippen LogP contribution is 2.30. The SMILES string of the molecule is N#Cc1ccc(Cl)c(-c2ccccc2F)c1. The zero-order chi connectivity index (χ0) is 11.5. The van der Waals surface area contributed by atoms with Crippen LogP contribution in [0.1, 0.15) is 5.56 Å². The molecule has 0 unspecified atom stereocenters. The van der Waals surface area contributed by atoms with Crippen LogP contribution >= 0.6 is 11.6 Å². The maximum absolute atomic E-state index is 13.5. The Morgan fingerprint density at radius 2 is 1.81 bits per heavy atom. The van der Waals surface area contributed by atoms with Crippen LogP contribution in [0.5, 0.6) is 0 Å². The van der Waals surface area contributed by atoms with Crippen molar-refractivity contribution in [1.82, 2.24) is 0 Å². The number of halogens is 2. The summed E-state index contributed by atoms with van der Waals surface area (Å²) < 4.78 is 13.5. The van der Waals surface area contributed by atoms with Gasteiger partial charge in [0.15, 0.2) is 0 Å². The predicted octanol–water partition coefficient (Wildman–Crippen LogP) is 4.02. The van der Waals surface area contributed by atoms with Gasteiger partial charge in [0, 0.05) is 16.1 Å². The molecule has 0 aliphatic rings. The van der Waals surface area contributed by atoms with Crippen LogP contribution in [0.3, 0.4) is 0 Å². The van der Waals surface area contributed by atoms with E-state index >= 15 is 0 Å². The lowest BCUT2D eigenvalue weighted by molar-refractivity contribution is 0.631. The van der Waals surface area contributed by atoms with E-state index in [4.69, 9.17) is 16.9 Å². The van der Waals surface area contributed by atoms with E-state index in [1.165, 1.54) is 6.07 Å². The zero-order valence-corrected chi connectivity index (χ0v) is 9.00. The minimum atomic E-state index is -0.348. The average Bonchev–Trinajstić information content (AvgIpc) is 2.31. The van der Waals surface area contributed by atoms with Crippen molar-refractivity contribution in [3.63, 3.8) is 0 Å². The minimum absolute atomic E-state index is 0.348. The van der Waals surface area contributed by atoms with Crippen LogP contribution < -0.4 is 0 Å². The second kappa shape index (κ2) is 4.34. The van der Waals surface area contributed by atoms with Crippen molar-refractivity contribution in [2.75, 3.05) is 0 Å². The van der Waals surface area contributed by atoms with Crippen LogP contribution in [0.4, 0.5) is 4.39 Å². The molecule has 0 aliphatic heterocycles. The maximum Gasteiger partial charge on any atom is 0.131 e. The highest BCUT2D eigenvalue weighted by atomic mass is 35.5. The van der Waals surface area contributed by atoms with Crippen molar-refractivity contribution in [3.8, 4) is 17.2 Å². The first-order valence-corrected chi connectivity index (χ1v) is 5.04. The van der Waals surface area contributed by atoms with Gasteiger partial charge in [0.2, 0.25) is 0 Å². The number of hydrogen-bond donors (Lipinski definition) is 0. The molecule has 0 aromatic heterocycles. The van der Waals surface area contributed by atoms with Crippen molar-refractivity contribution in [3.05, 3.63) is 58.9 Å². The molecule has 0 radical (unpaired) electrons. The average molecular weight is 232 g/mol. The summed E-state index contributed by atoms with van der Waals surface area (Å²) in [7, 11) is 0. The van der Waals surface area contributed by atoms with E-state index in [-0.39, 0.29) is 5.82 Å². The third-order valence-electron chi connectivity index (χ3n) is 2.26. The lowest BCUT2D eigenvalue weighted by Crippen LogP contribution is -1.86. The minimum Gasteiger partial charge on any atom is -0.206 e. The van der Waals surface area contributed by atoms with Gasteiger partial charge in [0.25, 0.3) is 0 Å². The van der Waals surface area contributed by atoms with E-state index < -0.39 is 0 Å². The molecule has 0 atom stereocenters. The lowest BCUT2D eigenvalue weighted by Gasteiger charge is -2.05. The van der Waals surface area contributed by atoms with E-state index in [0.717, 1.165) is 0 Å². The van der Waals surface area contributed by atoms with Crippen LogP contribution in [-0.2, 0) is 0 Å². The lowest BCUT2D eigenvalue weighted by atomic mass is 10.0. The third-order valence-corrected chi connectivity index (χ3v) is 2.59. The zero-order valence-electron chi connectivity index (χ0n) is 8.24. The van der Waals surface area contributed by atoms with Gasteiger partial charge >= 0.3 is 0 Å². The molecule has 3 heteroatoms. The van der Waals surface area contributed by atoms with Crippen LogP contribution in [-0.4, -0.2) is 0 Å². The fourth-order valence-electron chi connectivity index (χ4n) is 1.48. The van der Waals surface area contributed by atoms with Gasteiger partial charge in [-0.25, -0.2) is 4.39 Å². The molecule has 0 aliphatic carbocycles. The van der Waals surface area contributed by atoms with Gasteiger partial charge in [-0.2, -0.15) is 5.26 Å². The first-order valence-electron chi connectivity index (χ1n) is 4.67. The monoisotopic (exact) mass is 231 g/mol. The molecule has 0 heterocycles. The summed E-state index contributed by atoms with van der Waals surface area (Å²) in [4.78, 5) is 0. The molecule has 2 rings (SSSR count). The number of nitrogens with zero attached hydrogens (tertiary/aromatic N) is 1. The number of benzene rings is 2. The van der Waals surface area contributed by atoms with Crippen molar-refractivity contribution in [2.24, 2.45) is 0 Å². The first kappa shape index (κ1) is 10.7. The second-order valence-electron chi connectivity index (χ2n) is 3.29. The molecule has 0 amide bonds. The summed E-state index contributed by atoms with van der Waals surface area (Å²) in [5.74, 6) is -0.348. The van der Waals surface area contributed by atoms with Crippen molar-refractivity contribution < 1.29 is 4.39 Å². The molecular weight excluding hydrogens is 225 g/mol. The van der Waals surface area contributed by atoms with Crippen LogP contribution in [0.15, 0.2) is 42.5 Å². The summed E-state index contributed by atoms with van der Waals surface area (Å²) in [5, 5.41) is 9.22. The van der Waals surface area contributed by atoms with E-state index in [9.17, 15) is 4.39 Å². The molecule has 0 spiro atoms. The Labute approximate surface area is 97.7 Å². The second-order valence-corrected chi connectivity index (χ2v) is 3.69. The molecule has 0 saturated heterocycles. The predicted molar refractivity (Wildman–Crippen MR) is 61.6 cm³/mol. The van der Waals surface area contributed by atoms with Gasteiger partial charge in [0.05, 0.1) is 11.6 Å². The molecule has 2 aromatic carbocycles. The van der Waals surface area contributed by atoms with Gasteiger partial charge in [-0.15, -0.1) is 0 Å². The number of nitriles is 1. The van der Waals surface area contributed by atoms with E-state index in [2.05, 4.69) is 0 Å². The van der Waals surface area contributed by atoms with Crippen LogP contribution in [0.2, 0.25) is 5.02 Å². The summed E-state index contributed by atoms with van der Waals surface area (Å²) in [5.41, 5.74) is 1.41. The Balaban J connectivity index is 2.65. The summed E-state index contributed by atoms with van der Waals surface area (Å²) >= 11 is 5.98.